The van der Waals surface area contributed by atoms with Gasteiger partial charge in [0.1, 0.15) is 5.69 Å². The number of carboxylic acid groups (broad SMARTS) is 1. The summed E-state index contributed by atoms with van der Waals surface area (Å²) in [6, 6.07) is 5.11. The number of thioether (sulfide) groups is 1. The molecule has 0 amide bonds. The highest BCUT2D eigenvalue weighted by Gasteiger charge is 2.05. The third-order valence-electron chi connectivity index (χ3n) is 1.73. The molecule has 1 aromatic heterocycles. The van der Waals surface area contributed by atoms with Gasteiger partial charge in [-0.2, -0.15) is 11.8 Å². The number of nitrogens with zero attached hydrogens (tertiary/aromatic N) is 1. The van der Waals surface area contributed by atoms with Crippen molar-refractivity contribution in [1.82, 2.24) is 4.98 Å². The number of pyridine rings is 1. The summed E-state index contributed by atoms with van der Waals surface area (Å²) in [6.45, 7) is 4.32. The first-order chi connectivity index (χ1) is 7.09. The van der Waals surface area contributed by atoms with Gasteiger partial charge in [-0.05, 0) is 23.8 Å². The molecule has 0 aliphatic carbocycles. The maximum atomic E-state index is 10.7. The summed E-state index contributed by atoms with van der Waals surface area (Å²) >= 11 is 1.78. The van der Waals surface area contributed by atoms with Gasteiger partial charge in [-0.1, -0.05) is 19.9 Å². The highest BCUT2D eigenvalue weighted by molar-refractivity contribution is 7.98. The van der Waals surface area contributed by atoms with Crippen LogP contribution in [0.3, 0.4) is 0 Å². The maximum absolute atomic E-state index is 10.7. The largest absolute Gasteiger partial charge is 0.477 e. The molecule has 1 aromatic rings. The number of hydrogen-bond acceptors (Lipinski definition) is 3. The Bertz CT molecular complexity index is 339. The third kappa shape index (κ3) is 4.34. The van der Waals surface area contributed by atoms with Crippen LogP contribution in [0.25, 0.3) is 0 Å². The Hall–Kier alpha value is -1.03. The molecule has 82 valence electrons. The number of aromatic carboxylic acids is 1. The topological polar surface area (TPSA) is 50.2 Å². The molecule has 0 radical (unpaired) electrons. The van der Waals surface area contributed by atoms with Gasteiger partial charge in [0.25, 0.3) is 0 Å². The molecule has 0 saturated heterocycles. The van der Waals surface area contributed by atoms with Gasteiger partial charge in [0.2, 0.25) is 0 Å². The summed E-state index contributed by atoms with van der Waals surface area (Å²) in [6.07, 6.45) is 0. The van der Waals surface area contributed by atoms with Crippen LogP contribution in [0.4, 0.5) is 0 Å². The molecule has 1 N–H and O–H groups in total. The van der Waals surface area contributed by atoms with Gasteiger partial charge in [0.05, 0.1) is 5.69 Å². The van der Waals surface area contributed by atoms with Crippen LogP contribution >= 0.6 is 11.8 Å². The molecule has 0 saturated carbocycles. The molecule has 0 bridgehead atoms. The Balaban J connectivity index is 2.54. The molecular formula is C11H15NO2S. The standard InChI is InChI=1S/C11H15NO2S/c1-8(2)6-15-7-9-4-3-5-10(12-9)11(13)14/h3-5,8H,6-7H2,1-2H3,(H,13,14). The van der Waals surface area contributed by atoms with Crippen LogP contribution in [0.5, 0.6) is 0 Å². The number of carbonyl (C=O) groups is 1. The summed E-state index contributed by atoms with van der Waals surface area (Å²) < 4.78 is 0. The number of aromatic nitrogens is 1. The second kappa shape index (κ2) is 5.75. The summed E-state index contributed by atoms with van der Waals surface area (Å²) in [5.41, 5.74) is 0.957. The van der Waals surface area contributed by atoms with E-state index in [0.717, 1.165) is 17.2 Å². The fraction of sp³-hybridized carbons (Fsp3) is 0.455. The summed E-state index contributed by atoms with van der Waals surface area (Å²) in [5.74, 6) is 1.53. The normalized spacial score (nSPS) is 10.6. The SMILES string of the molecule is CC(C)CSCc1cccc(C(=O)O)n1. The van der Waals surface area contributed by atoms with Crippen LogP contribution in [0, 0.1) is 5.92 Å². The van der Waals surface area contributed by atoms with E-state index >= 15 is 0 Å². The molecule has 0 spiro atoms. The second-order valence-corrected chi connectivity index (χ2v) is 4.76. The average Bonchev–Trinajstić information content (AvgIpc) is 2.17. The van der Waals surface area contributed by atoms with Crippen LogP contribution in [0.2, 0.25) is 0 Å². The first kappa shape index (κ1) is 12.0. The molecule has 0 aromatic carbocycles. The Morgan fingerprint density at radius 3 is 2.87 bits per heavy atom. The van der Waals surface area contributed by atoms with E-state index in [9.17, 15) is 4.79 Å². The molecule has 0 fully saturated rings. The molecule has 0 unspecified atom stereocenters. The number of hydrogen-bond donors (Lipinski definition) is 1. The van der Waals surface area contributed by atoms with Gasteiger partial charge in [-0.3, -0.25) is 0 Å². The molecular weight excluding hydrogens is 210 g/mol. The van der Waals surface area contributed by atoms with E-state index < -0.39 is 5.97 Å². The van der Waals surface area contributed by atoms with Crippen molar-refractivity contribution in [2.75, 3.05) is 5.75 Å². The zero-order valence-electron chi connectivity index (χ0n) is 8.93. The van der Waals surface area contributed by atoms with E-state index in [1.165, 1.54) is 6.07 Å². The van der Waals surface area contributed by atoms with Crippen LogP contribution < -0.4 is 0 Å². The Morgan fingerprint density at radius 1 is 1.53 bits per heavy atom. The quantitative estimate of drug-likeness (QED) is 0.837. The average molecular weight is 225 g/mol. The molecule has 3 nitrogen and oxygen atoms in total. The van der Waals surface area contributed by atoms with Crippen LogP contribution in [-0.4, -0.2) is 21.8 Å². The third-order valence-corrected chi connectivity index (χ3v) is 3.13. The first-order valence-corrected chi connectivity index (χ1v) is 6.02. The lowest BCUT2D eigenvalue weighted by molar-refractivity contribution is 0.0690. The molecule has 15 heavy (non-hydrogen) atoms. The predicted molar refractivity (Wildman–Crippen MR) is 62.2 cm³/mol. The van der Waals surface area contributed by atoms with Crippen molar-refractivity contribution in [3.63, 3.8) is 0 Å². The van der Waals surface area contributed by atoms with Crippen molar-refractivity contribution in [3.05, 3.63) is 29.6 Å². The van der Waals surface area contributed by atoms with Crippen molar-refractivity contribution >= 4 is 17.7 Å². The first-order valence-electron chi connectivity index (χ1n) is 4.86. The molecule has 1 rings (SSSR count). The van der Waals surface area contributed by atoms with E-state index in [1.54, 1.807) is 17.8 Å². The van der Waals surface area contributed by atoms with E-state index in [1.807, 2.05) is 6.07 Å². The number of rotatable bonds is 5. The van der Waals surface area contributed by atoms with Crippen LogP contribution in [0.15, 0.2) is 18.2 Å². The second-order valence-electron chi connectivity index (χ2n) is 3.73. The molecule has 0 atom stereocenters. The highest BCUT2D eigenvalue weighted by Crippen LogP contribution is 2.13. The van der Waals surface area contributed by atoms with Gasteiger partial charge >= 0.3 is 5.97 Å². The Labute approximate surface area is 93.9 Å². The van der Waals surface area contributed by atoms with E-state index in [2.05, 4.69) is 18.8 Å². The highest BCUT2D eigenvalue weighted by atomic mass is 32.2. The van der Waals surface area contributed by atoms with Crippen molar-refractivity contribution in [3.8, 4) is 0 Å². The van der Waals surface area contributed by atoms with Crippen LogP contribution in [0.1, 0.15) is 30.0 Å². The maximum Gasteiger partial charge on any atom is 0.354 e. The fourth-order valence-electron chi connectivity index (χ4n) is 1.08. The monoisotopic (exact) mass is 225 g/mol. The van der Waals surface area contributed by atoms with Crippen molar-refractivity contribution in [2.24, 2.45) is 5.92 Å². The van der Waals surface area contributed by atoms with E-state index in [0.29, 0.717) is 5.92 Å². The zero-order chi connectivity index (χ0) is 11.3. The minimum atomic E-state index is -0.967. The van der Waals surface area contributed by atoms with E-state index in [4.69, 9.17) is 5.11 Å². The molecule has 0 aliphatic rings. The number of carboxylic acids is 1. The lowest BCUT2D eigenvalue weighted by atomic mass is 10.3. The van der Waals surface area contributed by atoms with Gasteiger partial charge in [-0.15, -0.1) is 0 Å². The van der Waals surface area contributed by atoms with Gasteiger partial charge in [0, 0.05) is 5.75 Å². The minimum Gasteiger partial charge on any atom is -0.477 e. The fourth-order valence-corrected chi connectivity index (χ4v) is 2.04. The van der Waals surface area contributed by atoms with Gasteiger partial charge in [0.15, 0.2) is 0 Å². The minimum absolute atomic E-state index is 0.123. The summed E-state index contributed by atoms with van der Waals surface area (Å²) in [5, 5.41) is 8.75. The van der Waals surface area contributed by atoms with Crippen LogP contribution in [-0.2, 0) is 5.75 Å². The van der Waals surface area contributed by atoms with Gasteiger partial charge in [-0.25, -0.2) is 9.78 Å². The lowest BCUT2D eigenvalue weighted by Crippen LogP contribution is -2.02. The smallest absolute Gasteiger partial charge is 0.354 e. The lowest BCUT2D eigenvalue weighted by Gasteiger charge is -2.04. The molecule has 4 heteroatoms. The van der Waals surface area contributed by atoms with Crippen molar-refractivity contribution in [1.29, 1.82) is 0 Å². The summed E-state index contributed by atoms with van der Waals surface area (Å²) in [7, 11) is 0. The zero-order valence-corrected chi connectivity index (χ0v) is 9.75. The Morgan fingerprint density at radius 2 is 2.27 bits per heavy atom. The summed E-state index contributed by atoms with van der Waals surface area (Å²) in [4.78, 5) is 14.7. The molecule has 0 aliphatic heterocycles. The van der Waals surface area contributed by atoms with Crippen molar-refractivity contribution in [2.45, 2.75) is 19.6 Å². The Kier molecular flexibility index (Phi) is 4.62. The van der Waals surface area contributed by atoms with Gasteiger partial charge < -0.3 is 5.11 Å². The van der Waals surface area contributed by atoms with Crippen molar-refractivity contribution < 1.29 is 9.90 Å². The van der Waals surface area contributed by atoms with E-state index in [-0.39, 0.29) is 5.69 Å². The predicted octanol–water partition coefficient (Wildman–Crippen LogP) is 2.67. The molecule has 1 heterocycles.